The van der Waals surface area contributed by atoms with Gasteiger partial charge in [0.1, 0.15) is 11.4 Å². The van der Waals surface area contributed by atoms with Gasteiger partial charge in [0.05, 0.1) is 18.4 Å². The highest BCUT2D eigenvalue weighted by molar-refractivity contribution is 6.00. The van der Waals surface area contributed by atoms with Gasteiger partial charge in [0, 0.05) is 18.3 Å². The molecule has 0 atom stereocenters. The van der Waals surface area contributed by atoms with Crippen molar-refractivity contribution in [1.82, 2.24) is 15.1 Å². The first-order valence-corrected chi connectivity index (χ1v) is 8.83. The summed E-state index contributed by atoms with van der Waals surface area (Å²) in [6, 6.07) is 17.4. The Morgan fingerprint density at radius 3 is 2.62 bits per heavy atom. The lowest BCUT2D eigenvalue weighted by atomic mass is 10.1. The van der Waals surface area contributed by atoms with Crippen LogP contribution in [0.2, 0.25) is 0 Å². The number of aromatic nitrogens is 2. The van der Waals surface area contributed by atoms with Crippen LogP contribution in [0.3, 0.4) is 0 Å². The maximum atomic E-state index is 12.8. The molecule has 0 radical (unpaired) electrons. The lowest BCUT2D eigenvalue weighted by Crippen LogP contribution is -2.25. The van der Waals surface area contributed by atoms with E-state index in [4.69, 9.17) is 9.84 Å². The van der Waals surface area contributed by atoms with Crippen LogP contribution in [0.4, 0.5) is 0 Å². The Morgan fingerprint density at radius 2 is 1.88 bits per heavy atom. The lowest BCUT2D eigenvalue weighted by molar-refractivity contribution is 0.0952. The number of carbonyl (C=O) groups excluding carboxylic acids is 1. The van der Waals surface area contributed by atoms with Crippen molar-refractivity contribution >= 4 is 5.91 Å². The van der Waals surface area contributed by atoms with Crippen LogP contribution in [0.25, 0.3) is 16.9 Å². The molecule has 1 N–H and O–H groups in total. The second-order valence-electron chi connectivity index (χ2n) is 6.53. The number of nitrogens with zero attached hydrogens (tertiary/aromatic N) is 2. The zero-order valence-electron chi connectivity index (χ0n) is 14.7. The van der Waals surface area contributed by atoms with Crippen LogP contribution in [0, 0.1) is 5.92 Å². The van der Waals surface area contributed by atoms with Gasteiger partial charge in [0.15, 0.2) is 0 Å². The van der Waals surface area contributed by atoms with E-state index >= 15 is 0 Å². The molecule has 1 aliphatic rings. The summed E-state index contributed by atoms with van der Waals surface area (Å²) in [6.45, 7) is 0.723. The number of methoxy groups -OCH3 is 1. The van der Waals surface area contributed by atoms with Gasteiger partial charge >= 0.3 is 0 Å². The van der Waals surface area contributed by atoms with Gasteiger partial charge in [0.2, 0.25) is 0 Å². The molecule has 1 heterocycles. The predicted molar refractivity (Wildman–Crippen MR) is 101 cm³/mol. The Kier molecular flexibility index (Phi) is 4.44. The number of para-hydroxylation sites is 2. The Morgan fingerprint density at radius 1 is 1.15 bits per heavy atom. The summed E-state index contributed by atoms with van der Waals surface area (Å²) in [6.07, 6.45) is 4.19. The molecule has 0 saturated heterocycles. The van der Waals surface area contributed by atoms with Crippen molar-refractivity contribution in [2.75, 3.05) is 13.7 Å². The van der Waals surface area contributed by atoms with Crippen molar-refractivity contribution in [2.45, 2.75) is 12.8 Å². The average Bonchev–Trinajstić information content (AvgIpc) is 3.42. The minimum atomic E-state index is -0.0972. The van der Waals surface area contributed by atoms with Crippen molar-refractivity contribution in [3.8, 4) is 22.7 Å². The number of rotatable bonds is 6. The van der Waals surface area contributed by atoms with E-state index < -0.39 is 0 Å². The number of carbonyl (C=O) groups is 1. The molecule has 0 aliphatic heterocycles. The van der Waals surface area contributed by atoms with Gasteiger partial charge in [0.25, 0.3) is 5.91 Å². The molecule has 0 bridgehead atoms. The van der Waals surface area contributed by atoms with Crippen molar-refractivity contribution in [3.63, 3.8) is 0 Å². The smallest absolute Gasteiger partial charge is 0.255 e. The quantitative estimate of drug-likeness (QED) is 0.740. The van der Waals surface area contributed by atoms with E-state index in [1.54, 1.807) is 18.0 Å². The zero-order chi connectivity index (χ0) is 17.9. The maximum absolute atomic E-state index is 12.8. The Bertz CT molecular complexity index is 914. The van der Waals surface area contributed by atoms with Crippen molar-refractivity contribution in [1.29, 1.82) is 0 Å². The molecule has 1 amide bonds. The summed E-state index contributed by atoms with van der Waals surface area (Å²) < 4.78 is 7.22. The number of hydrogen-bond donors (Lipinski definition) is 1. The van der Waals surface area contributed by atoms with Crippen LogP contribution in [0.15, 0.2) is 60.8 Å². The molecule has 132 valence electrons. The molecule has 1 aromatic heterocycles. The fourth-order valence-electron chi connectivity index (χ4n) is 2.95. The monoisotopic (exact) mass is 347 g/mol. The third-order valence-corrected chi connectivity index (χ3v) is 4.59. The highest BCUT2D eigenvalue weighted by Gasteiger charge is 2.25. The molecule has 26 heavy (non-hydrogen) atoms. The maximum Gasteiger partial charge on any atom is 0.255 e. The highest BCUT2D eigenvalue weighted by Crippen LogP contribution is 2.32. The summed E-state index contributed by atoms with van der Waals surface area (Å²) in [5, 5.41) is 7.74. The van der Waals surface area contributed by atoms with E-state index in [1.165, 1.54) is 12.8 Å². The number of benzene rings is 2. The second kappa shape index (κ2) is 7.04. The Hall–Kier alpha value is -3.08. The van der Waals surface area contributed by atoms with E-state index in [-0.39, 0.29) is 5.91 Å². The minimum Gasteiger partial charge on any atom is -0.496 e. The minimum absolute atomic E-state index is 0.0972. The standard InChI is InChI=1S/C21H21N3O2/c1-26-19-10-6-5-9-17(19)20-18(21(25)22-13-15-11-12-15)14-24(23-20)16-7-3-2-4-8-16/h2-10,14-15H,11-13H2,1H3,(H,22,25). The number of nitrogens with one attached hydrogen (secondary N) is 1. The number of amides is 1. The fraction of sp³-hybridized carbons (Fsp3) is 0.238. The molecule has 3 aromatic rings. The molecule has 1 aliphatic carbocycles. The molecule has 5 heteroatoms. The highest BCUT2D eigenvalue weighted by atomic mass is 16.5. The summed E-state index contributed by atoms with van der Waals surface area (Å²) in [7, 11) is 1.62. The fourth-order valence-corrected chi connectivity index (χ4v) is 2.95. The van der Waals surface area contributed by atoms with E-state index in [0.717, 1.165) is 17.8 Å². The summed E-state index contributed by atoms with van der Waals surface area (Å²) in [4.78, 5) is 12.8. The normalized spacial score (nSPS) is 13.4. The third kappa shape index (κ3) is 3.33. The van der Waals surface area contributed by atoms with E-state index in [2.05, 4.69) is 5.32 Å². The van der Waals surface area contributed by atoms with E-state index in [9.17, 15) is 4.79 Å². The predicted octanol–water partition coefficient (Wildman–Crippen LogP) is 3.69. The molecular formula is C21H21N3O2. The van der Waals surface area contributed by atoms with Crippen LogP contribution in [0.1, 0.15) is 23.2 Å². The molecule has 0 unspecified atom stereocenters. The largest absolute Gasteiger partial charge is 0.496 e. The van der Waals surface area contributed by atoms with Gasteiger partial charge in [-0.2, -0.15) is 5.10 Å². The van der Waals surface area contributed by atoms with Crippen molar-refractivity contribution in [2.24, 2.45) is 5.92 Å². The van der Waals surface area contributed by atoms with Crippen LogP contribution < -0.4 is 10.1 Å². The molecule has 1 saturated carbocycles. The second-order valence-corrected chi connectivity index (χ2v) is 6.53. The van der Waals surface area contributed by atoms with Crippen LogP contribution in [-0.4, -0.2) is 29.3 Å². The molecule has 0 spiro atoms. The molecule has 2 aromatic carbocycles. The lowest BCUT2D eigenvalue weighted by Gasteiger charge is -2.08. The van der Waals surface area contributed by atoms with Gasteiger partial charge in [-0.15, -0.1) is 0 Å². The SMILES string of the molecule is COc1ccccc1-c1nn(-c2ccccc2)cc1C(=O)NCC1CC1. The topological polar surface area (TPSA) is 56.2 Å². The number of ether oxygens (including phenoxy) is 1. The van der Waals surface area contributed by atoms with E-state index in [0.29, 0.717) is 22.9 Å². The molecule has 1 fully saturated rings. The van der Waals surface area contributed by atoms with E-state index in [1.807, 2.05) is 54.6 Å². The average molecular weight is 347 g/mol. The summed E-state index contributed by atoms with van der Waals surface area (Å²) >= 11 is 0. The summed E-state index contributed by atoms with van der Waals surface area (Å²) in [5.74, 6) is 1.22. The first-order chi connectivity index (χ1) is 12.8. The van der Waals surface area contributed by atoms with Gasteiger partial charge in [-0.3, -0.25) is 4.79 Å². The molecule has 4 rings (SSSR count). The molecular weight excluding hydrogens is 326 g/mol. The van der Waals surface area contributed by atoms with Gasteiger partial charge in [-0.05, 0) is 43.0 Å². The van der Waals surface area contributed by atoms with Crippen LogP contribution in [0.5, 0.6) is 5.75 Å². The molecule has 5 nitrogen and oxygen atoms in total. The van der Waals surface area contributed by atoms with Crippen molar-refractivity contribution in [3.05, 3.63) is 66.4 Å². The first-order valence-electron chi connectivity index (χ1n) is 8.83. The van der Waals surface area contributed by atoms with Gasteiger partial charge in [-0.25, -0.2) is 4.68 Å². The summed E-state index contributed by atoms with van der Waals surface area (Å²) in [5.41, 5.74) is 2.89. The van der Waals surface area contributed by atoms with Crippen LogP contribution >= 0.6 is 0 Å². The first kappa shape index (κ1) is 16.4. The van der Waals surface area contributed by atoms with Crippen molar-refractivity contribution < 1.29 is 9.53 Å². The Labute approximate surface area is 152 Å². The third-order valence-electron chi connectivity index (χ3n) is 4.59. The Balaban J connectivity index is 1.77. The van der Waals surface area contributed by atoms with Crippen LogP contribution in [-0.2, 0) is 0 Å². The number of hydrogen-bond acceptors (Lipinski definition) is 3. The van der Waals surface area contributed by atoms with Gasteiger partial charge < -0.3 is 10.1 Å². The van der Waals surface area contributed by atoms with Gasteiger partial charge in [-0.1, -0.05) is 30.3 Å². The zero-order valence-corrected chi connectivity index (χ0v) is 14.7.